The van der Waals surface area contributed by atoms with Crippen LogP contribution in [0.15, 0.2) is 60.2 Å². The summed E-state index contributed by atoms with van der Waals surface area (Å²) in [6.07, 6.45) is 1.32. The van der Waals surface area contributed by atoms with Crippen LogP contribution in [-0.4, -0.2) is 18.6 Å². The SMILES string of the molecule is C/C(=C\c1ccccc1)CONC(=O)C(C)Oc1ccc(Cl)cc1. The first-order valence-electron chi connectivity index (χ1n) is 7.60. The number of hydrogen-bond acceptors (Lipinski definition) is 3. The zero-order chi connectivity index (χ0) is 17.4. The number of hydroxylamine groups is 1. The Morgan fingerprint density at radius 1 is 1.17 bits per heavy atom. The molecule has 0 bridgehead atoms. The van der Waals surface area contributed by atoms with Crippen molar-refractivity contribution in [1.29, 1.82) is 0 Å². The second kappa shape index (κ2) is 9.11. The van der Waals surface area contributed by atoms with E-state index in [1.54, 1.807) is 31.2 Å². The van der Waals surface area contributed by atoms with E-state index in [9.17, 15) is 4.79 Å². The van der Waals surface area contributed by atoms with Crippen molar-refractivity contribution in [3.8, 4) is 5.75 Å². The van der Waals surface area contributed by atoms with Crippen molar-refractivity contribution < 1.29 is 14.4 Å². The Kier molecular flexibility index (Phi) is 6.85. The quantitative estimate of drug-likeness (QED) is 0.763. The molecule has 1 amide bonds. The summed E-state index contributed by atoms with van der Waals surface area (Å²) in [5, 5.41) is 0.614. The van der Waals surface area contributed by atoms with Gasteiger partial charge in [0.2, 0.25) is 0 Å². The predicted molar refractivity (Wildman–Crippen MR) is 95.7 cm³/mol. The summed E-state index contributed by atoms with van der Waals surface area (Å²) >= 11 is 5.81. The molecule has 0 saturated carbocycles. The van der Waals surface area contributed by atoms with E-state index in [1.165, 1.54) is 0 Å². The van der Waals surface area contributed by atoms with Gasteiger partial charge in [-0.05, 0) is 49.2 Å². The monoisotopic (exact) mass is 345 g/mol. The van der Waals surface area contributed by atoms with E-state index >= 15 is 0 Å². The van der Waals surface area contributed by atoms with E-state index in [0.717, 1.165) is 11.1 Å². The number of hydrogen-bond donors (Lipinski definition) is 1. The minimum atomic E-state index is -0.676. The topological polar surface area (TPSA) is 47.6 Å². The van der Waals surface area contributed by atoms with Gasteiger partial charge in [0.1, 0.15) is 5.75 Å². The van der Waals surface area contributed by atoms with Crippen molar-refractivity contribution in [1.82, 2.24) is 5.48 Å². The van der Waals surface area contributed by atoms with Gasteiger partial charge in [0.15, 0.2) is 6.10 Å². The fourth-order valence-corrected chi connectivity index (χ4v) is 2.08. The van der Waals surface area contributed by atoms with Gasteiger partial charge in [-0.3, -0.25) is 9.63 Å². The van der Waals surface area contributed by atoms with E-state index in [4.69, 9.17) is 21.2 Å². The highest BCUT2D eigenvalue weighted by atomic mass is 35.5. The molecule has 0 aromatic heterocycles. The van der Waals surface area contributed by atoms with Crippen LogP contribution in [0.25, 0.3) is 6.08 Å². The Bertz CT molecular complexity index is 684. The van der Waals surface area contributed by atoms with Crippen LogP contribution in [0.3, 0.4) is 0 Å². The predicted octanol–water partition coefficient (Wildman–Crippen LogP) is 4.26. The van der Waals surface area contributed by atoms with Crippen LogP contribution in [0, 0.1) is 0 Å². The molecule has 126 valence electrons. The van der Waals surface area contributed by atoms with Gasteiger partial charge in [0.25, 0.3) is 5.91 Å². The molecular formula is C19H20ClNO3. The van der Waals surface area contributed by atoms with Crippen LogP contribution in [0.4, 0.5) is 0 Å². The maximum absolute atomic E-state index is 11.9. The van der Waals surface area contributed by atoms with Crippen molar-refractivity contribution in [2.75, 3.05) is 6.61 Å². The first-order chi connectivity index (χ1) is 11.5. The lowest BCUT2D eigenvalue weighted by atomic mass is 10.1. The number of amides is 1. The van der Waals surface area contributed by atoms with Crippen molar-refractivity contribution in [2.45, 2.75) is 20.0 Å². The third-order valence-electron chi connectivity index (χ3n) is 3.18. The highest BCUT2D eigenvalue weighted by molar-refractivity contribution is 6.30. The first-order valence-corrected chi connectivity index (χ1v) is 7.98. The van der Waals surface area contributed by atoms with Gasteiger partial charge in [-0.15, -0.1) is 0 Å². The summed E-state index contributed by atoms with van der Waals surface area (Å²) in [7, 11) is 0. The van der Waals surface area contributed by atoms with Gasteiger partial charge in [0, 0.05) is 5.02 Å². The van der Waals surface area contributed by atoms with Crippen LogP contribution < -0.4 is 10.2 Å². The molecule has 1 unspecified atom stereocenters. The number of carbonyl (C=O) groups is 1. The van der Waals surface area contributed by atoms with E-state index in [-0.39, 0.29) is 5.91 Å². The molecule has 0 aliphatic rings. The zero-order valence-corrected chi connectivity index (χ0v) is 14.4. The number of carbonyl (C=O) groups excluding carboxylic acids is 1. The molecule has 0 heterocycles. The second-order valence-corrected chi connectivity index (χ2v) is 5.81. The minimum Gasteiger partial charge on any atom is -0.481 e. The molecule has 0 spiro atoms. The van der Waals surface area contributed by atoms with Crippen molar-refractivity contribution in [3.05, 3.63) is 70.8 Å². The number of halogens is 1. The van der Waals surface area contributed by atoms with Crippen LogP contribution in [0.1, 0.15) is 19.4 Å². The lowest BCUT2D eigenvalue weighted by Gasteiger charge is -2.14. The molecule has 0 fully saturated rings. The van der Waals surface area contributed by atoms with Crippen LogP contribution in [0.5, 0.6) is 5.75 Å². The second-order valence-electron chi connectivity index (χ2n) is 5.37. The largest absolute Gasteiger partial charge is 0.481 e. The standard InChI is InChI=1S/C19H20ClNO3/c1-14(12-16-6-4-3-5-7-16)13-23-21-19(22)15(2)24-18-10-8-17(20)9-11-18/h3-12,15H,13H2,1-2H3,(H,21,22)/b14-12+. The molecule has 0 aliphatic carbocycles. The average molecular weight is 346 g/mol. The molecule has 2 aromatic rings. The third kappa shape index (κ3) is 6.07. The molecule has 1 N–H and O–H groups in total. The fourth-order valence-electron chi connectivity index (χ4n) is 1.95. The lowest BCUT2D eigenvalue weighted by molar-refractivity contribution is -0.139. The average Bonchev–Trinajstić information content (AvgIpc) is 2.57. The summed E-state index contributed by atoms with van der Waals surface area (Å²) in [4.78, 5) is 17.2. The molecule has 24 heavy (non-hydrogen) atoms. The van der Waals surface area contributed by atoms with Crippen LogP contribution in [0.2, 0.25) is 5.02 Å². The van der Waals surface area contributed by atoms with Crippen LogP contribution in [-0.2, 0) is 9.63 Å². The molecule has 2 rings (SSSR count). The number of nitrogens with one attached hydrogen (secondary N) is 1. The van der Waals surface area contributed by atoms with E-state index < -0.39 is 6.10 Å². The Balaban J connectivity index is 1.76. The molecule has 0 saturated heterocycles. The molecule has 0 aliphatic heterocycles. The third-order valence-corrected chi connectivity index (χ3v) is 3.43. The van der Waals surface area contributed by atoms with Crippen molar-refractivity contribution in [3.63, 3.8) is 0 Å². The highest BCUT2D eigenvalue weighted by Gasteiger charge is 2.14. The zero-order valence-electron chi connectivity index (χ0n) is 13.7. The summed E-state index contributed by atoms with van der Waals surface area (Å²) in [6, 6.07) is 16.7. The summed E-state index contributed by atoms with van der Waals surface area (Å²) in [5.41, 5.74) is 4.48. The molecule has 2 aromatic carbocycles. The van der Waals surface area contributed by atoms with E-state index in [0.29, 0.717) is 17.4 Å². The maximum atomic E-state index is 11.9. The molecule has 1 atom stereocenters. The Hall–Kier alpha value is -2.30. The van der Waals surface area contributed by atoms with Gasteiger partial charge in [0.05, 0.1) is 6.61 Å². The molecular weight excluding hydrogens is 326 g/mol. The lowest BCUT2D eigenvalue weighted by Crippen LogP contribution is -2.36. The van der Waals surface area contributed by atoms with Gasteiger partial charge < -0.3 is 4.74 Å². The van der Waals surface area contributed by atoms with Gasteiger partial charge >= 0.3 is 0 Å². The van der Waals surface area contributed by atoms with E-state index in [1.807, 2.05) is 43.3 Å². The normalized spacial score (nSPS) is 12.5. The Morgan fingerprint density at radius 3 is 2.50 bits per heavy atom. The van der Waals surface area contributed by atoms with Gasteiger partial charge in [-0.25, -0.2) is 5.48 Å². The Morgan fingerprint density at radius 2 is 1.83 bits per heavy atom. The highest BCUT2D eigenvalue weighted by Crippen LogP contribution is 2.16. The molecule has 5 heteroatoms. The summed E-state index contributed by atoms with van der Waals surface area (Å²) in [5.74, 6) is 0.222. The first kappa shape index (κ1) is 18.0. The van der Waals surface area contributed by atoms with Gasteiger partial charge in [-0.1, -0.05) is 48.0 Å². The maximum Gasteiger partial charge on any atom is 0.284 e. The summed E-state index contributed by atoms with van der Waals surface area (Å²) < 4.78 is 5.52. The van der Waals surface area contributed by atoms with E-state index in [2.05, 4.69) is 5.48 Å². The van der Waals surface area contributed by atoms with Crippen molar-refractivity contribution >= 4 is 23.6 Å². The fraction of sp³-hybridized carbons (Fsp3) is 0.211. The number of benzene rings is 2. The number of ether oxygens (including phenoxy) is 1. The smallest absolute Gasteiger partial charge is 0.284 e. The van der Waals surface area contributed by atoms with Crippen LogP contribution >= 0.6 is 11.6 Å². The van der Waals surface area contributed by atoms with Crippen molar-refractivity contribution in [2.24, 2.45) is 0 Å². The number of rotatable bonds is 7. The minimum absolute atomic E-state index is 0.300. The molecule has 0 radical (unpaired) electrons. The van der Waals surface area contributed by atoms with Gasteiger partial charge in [-0.2, -0.15) is 0 Å². The summed E-state index contributed by atoms with van der Waals surface area (Å²) in [6.45, 7) is 3.89. The molecule has 4 nitrogen and oxygen atoms in total. The Labute approximate surface area is 147 Å².